The van der Waals surface area contributed by atoms with Gasteiger partial charge in [-0.2, -0.15) is 5.10 Å². The van der Waals surface area contributed by atoms with E-state index in [1.54, 1.807) is 11.7 Å². The van der Waals surface area contributed by atoms with E-state index < -0.39 is 23.5 Å². The molecule has 7 heteroatoms. The van der Waals surface area contributed by atoms with Crippen LogP contribution in [0.1, 0.15) is 29.9 Å². The smallest absolute Gasteiger partial charge is 0.194 e. The van der Waals surface area contributed by atoms with Crippen molar-refractivity contribution >= 4 is 11.6 Å². The van der Waals surface area contributed by atoms with Crippen LogP contribution in [0, 0.1) is 17.5 Å². The summed E-state index contributed by atoms with van der Waals surface area (Å²) in [5, 5.41) is 4.74. The van der Waals surface area contributed by atoms with Gasteiger partial charge in [0.2, 0.25) is 0 Å². The van der Waals surface area contributed by atoms with E-state index in [1.807, 2.05) is 6.92 Å². The molecule has 0 radical (unpaired) electrons. The summed E-state index contributed by atoms with van der Waals surface area (Å²) >= 11 is 6.20. The Balaban J connectivity index is 2.30. The maximum Gasteiger partial charge on any atom is 0.194 e. The molecule has 1 unspecified atom stereocenters. The average molecular weight is 318 g/mol. The highest BCUT2D eigenvalue weighted by Crippen LogP contribution is 2.26. The zero-order valence-corrected chi connectivity index (χ0v) is 12.4. The molecule has 1 heterocycles. The fourth-order valence-electron chi connectivity index (χ4n) is 2.16. The fraction of sp³-hybridized carbons (Fsp3) is 0.357. The quantitative estimate of drug-likeness (QED) is 0.879. The zero-order valence-electron chi connectivity index (χ0n) is 11.6. The molecule has 0 saturated carbocycles. The number of hydrogen-bond acceptors (Lipinski definition) is 2. The summed E-state index contributed by atoms with van der Waals surface area (Å²) < 4.78 is 41.0. The van der Waals surface area contributed by atoms with Crippen LogP contribution in [-0.4, -0.2) is 9.78 Å². The molecule has 1 aromatic heterocycles. The summed E-state index contributed by atoms with van der Waals surface area (Å²) in [6.07, 6.45) is 0.911. The molecule has 3 nitrogen and oxygen atoms in total. The fourth-order valence-corrected chi connectivity index (χ4v) is 2.53. The second-order valence-corrected chi connectivity index (χ2v) is 5.17. The first-order chi connectivity index (χ1) is 9.85. The summed E-state index contributed by atoms with van der Waals surface area (Å²) in [4.78, 5) is 0. The largest absolute Gasteiger partial charge is 0.324 e. The lowest BCUT2D eigenvalue weighted by Gasteiger charge is -2.13. The number of benzene rings is 1. The molecule has 0 fully saturated rings. The Kier molecular flexibility index (Phi) is 4.58. The van der Waals surface area contributed by atoms with Gasteiger partial charge in [0.1, 0.15) is 0 Å². The van der Waals surface area contributed by atoms with Crippen LogP contribution >= 0.6 is 11.6 Å². The predicted octanol–water partition coefficient (Wildman–Crippen LogP) is 3.30. The molecule has 2 rings (SSSR count). The van der Waals surface area contributed by atoms with Crippen molar-refractivity contribution in [3.63, 3.8) is 0 Å². The van der Waals surface area contributed by atoms with Gasteiger partial charge in [-0.1, -0.05) is 18.5 Å². The molecule has 114 valence electrons. The molecule has 0 aliphatic heterocycles. The summed E-state index contributed by atoms with van der Waals surface area (Å²) in [6.45, 7) is 1.92. The maximum absolute atomic E-state index is 13.2. The van der Waals surface area contributed by atoms with Crippen LogP contribution in [-0.2, 0) is 19.9 Å². The Morgan fingerprint density at radius 3 is 2.33 bits per heavy atom. The van der Waals surface area contributed by atoms with Crippen LogP contribution in [0.2, 0.25) is 5.02 Å². The van der Waals surface area contributed by atoms with Gasteiger partial charge < -0.3 is 5.73 Å². The van der Waals surface area contributed by atoms with Crippen molar-refractivity contribution in [2.75, 3.05) is 0 Å². The predicted molar refractivity (Wildman–Crippen MR) is 74.5 cm³/mol. The lowest BCUT2D eigenvalue weighted by atomic mass is 10.0. The van der Waals surface area contributed by atoms with Crippen LogP contribution in [0.25, 0.3) is 0 Å². The van der Waals surface area contributed by atoms with Gasteiger partial charge in [0.25, 0.3) is 0 Å². The van der Waals surface area contributed by atoms with Gasteiger partial charge in [-0.25, -0.2) is 13.2 Å². The van der Waals surface area contributed by atoms with E-state index in [2.05, 4.69) is 5.10 Å². The minimum Gasteiger partial charge on any atom is -0.324 e. The Bertz CT molecular complexity index is 647. The number of nitrogens with zero attached hydrogens (tertiary/aromatic N) is 2. The first kappa shape index (κ1) is 15.9. The number of rotatable bonds is 4. The topological polar surface area (TPSA) is 43.8 Å². The van der Waals surface area contributed by atoms with Crippen LogP contribution in [0.15, 0.2) is 12.1 Å². The number of halogens is 4. The molecular weight excluding hydrogens is 303 g/mol. The van der Waals surface area contributed by atoms with Gasteiger partial charge in [-0.05, 0) is 24.1 Å². The van der Waals surface area contributed by atoms with Gasteiger partial charge in [-0.15, -0.1) is 0 Å². The molecule has 21 heavy (non-hydrogen) atoms. The van der Waals surface area contributed by atoms with Gasteiger partial charge in [0, 0.05) is 19.5 Å². The summed E-state index contributed by atoms with van der Waals surface area (Å²) in [6, 6.07) is 1.08. The normalized spacial score (nSPS) is 12.7. The van der Waals surface area contributed by atoms with Crippen molar-refractivity contribution in [1.29, 1.82) is 0 Å². The number of aromatic nitrogens is 2. The Morgan fingerprint density at radius 2 is 1.86 bits per heavy atom. The van der Waals surface area contributed by atoms with E-state index in [4.69, 9.17) is 17.3 Å². The van der Waals surface area contributed by atoms with Crippen LogP contribution in [0.3, 0.4) is 0 Å². The van der Waals surface area contributed by atoms with Crippen molar-refractivity contribution in [2.45, 2.75) is 25.8 Å². The van der Waals surface area contributed by atoms with Crippen molar-refractivity contribution < 1.29 is 13.2 Å². The molecule has 1 aromatic carbocycles. The van der Waals surface area contributed by atoms with Gasteiger partial charge in [0.15, 0.2) is 17.5 Å². The summed E-state index contributed by atoms with van der Waals surface area (Å²) in [7, 11) is 1.72. The van der Waals surface area contributed by atoms with Crippen LogP contribution in [0.4, 0.5) is 13.2 Å². The van der Waals surface area contributed by atoms with E-state index in [-0.39, 0.29) is 12.0 Å². The second-order valence-electron chi connectivity index (χ2n) is 4.79. The van der Waals surface area contributed by atoms with Crippen LogP contribution in [0.5, 0.6) is 0 Å². The van der Waals surface area contributed by atoms with Gasteiger partial charge in [0.05, 0.1) is 16.4 Å². The maximum atomic E-state index is 13.2. The summed E-state index contributed by atoms with van der Waals surface area (Å²) in [5.74, 6) is -4.02. The molecule has 0 bridgehead atoms. The molecular formula is C14H15ClF3N3. The highest BCUT2D eigenvalue weighted by atomic mass is 35.5. The summed E-state index contributed by atoms with van der Waals surface area (Å²) in [5.41, 5.74) is 7.52. The first-order valence-corrected chi connectivity index (χ1v) is 6.83. The van der Waals surface area contributed by atoms with E-state index in [9.17, 15) is 13.2 Å². The molecule has 0 spiro atoms. The SMILES string of the molecule is CCc1nn(C)c(CC(N)c2cc(F)c(F)c(F)c2)c1Cl. The van der Waals surface area contributed by atoms with Crippen molar-refractivity contribution in [2.24, 2.45) is 12.8 Å². The number of nitrogens with two attached hydrogens (primary N) is 1. The average Bonchev–Trinajstić information content (AvgIpc) is 2.71. The minimum atomic E-state index is -1.50. The third kappa shape index (κ3) is 3.06. The number of aryl methyl sites for hydroxylation is 2. The Labute approximate surface area is 125 Å². The highest BCUT2D eigenvalue weighted by Gasteiger charge is 2.19. The van der Waals surface area contributed by atoms with E-state index >= 15 is 0 Å². The molecule has 2 N–H and O–H groups in total. The van der Waals surface area contributed by atoms with E-state index in [0.717, 1.165) is 17.8 Å². The monoisotopic (exact) mass is 317 g/mol. The van der Waals surface area contributed by atoms with Gasteiger partial charge >= 0.3 is 0 Å². The zero-order chi connectivity index (χ0) is 15.7. The third-order valence-corrected chi connectivity index (χ3v) is 3.79. The minimum absolute atomic E-state index is 0.168. The first-order valence-electron chi connectivity index (χ1n) is 6.45. The van der Waals surface area contributed by atoms with Gasteiger partial charge in [-0.3, -0.25) is 4.68 Å². The second kappa shape index (κ2) is 6.07. The molecule has 0 amide bonds. The molecule has 0 saturated heterocycles. The number of hydrogen-bond donors (Lipinski definition) is 1. The van der Waals surface area contributed by atoms with E-state index in [0.29, 0.717) is 17.1 Å². The Morgan fingerprint density at radius 1 is 1.29 bits per heavy atom. The Hall–Kier alpha value is -1.53. The highest BCUT2D eigenvalue weighted by molar-refractivity contribution is 6.31. The lowest BCUT2D eigenvalue weighted by molar-refractivity contribution is 0.443. The van der Waals surface area contributed by atoms with Crippen molar-refractivity contribution in [1.82, 2.24) is 9.78 Å². The molecule has 2 aromatic rings. The van der Waals surface area contributed by atoms with Crippen molar-refractivity contribution in [3.05, 3.63) is 51.6 Å². The standard InChI is InChI=1S/C14H15ClF3N3/c1-3-11-13(15)12(21(2)20-11)6-10(19)7-4-8(16)14(18)9(17)5-7/h4-5,10H,3,6,19H2,1-2H3. The lowest BCUT2D eigenvalue weighted by Crippen LogP contribution is -2.16. The van der Waals surface area contributed by atoms with Crippen LogP contribution < -0.4 is 5.73 Å². The van der Waals surface area contributed by atoms with E-state index in [1.165, 1.54) is 0 Å². The molecule has 0 aliphatic rings. The third-order valence-electron chi connectivity index (χ3n) is 3.35. The molecule has 1 atom stereocenters. The molecule has 0 aliphatic carbocycles. The van der Waals surface area contributed by atoms with Crippen molar-refractivity contribution in [3.8, 4) is 0 Å².